The van der Waals surface area contributed by atoms with Crippen molar-refractivity contribution in [2.75, 3.05) is 18.8 Å². The second-order valence-corrected chi connectivity index (χ2v) is 6.59. The van der Waals surface area contributed by atoms with Gasteiger partial charge in [-0.05, 0) is 38.3 Å². The van der Waals surface area contributed by atoms with Gasteiger partial charge >= 0.3 is 5.97 Å². The van der Waals surface area contributed by atoms with E-state index in [1.54, 1.807) is 4.90 Å². The van der Waals surface area contributed by atoms with E-state index in [1.807, 2.05) is 26.0 Å². The summed E-state index contributed by atoms with van der Waals surface area (Å²) < 4.78 is 0. The first-order chi connectivity index (χ1) is 9.97. The maximum absolute atomic E-state index is 12.2. The number of aliphatic carboxylic acids is 1. The van der Waals surface area contributed by atoms with Crippen molar-refractivity contribution in [1.29, 1.82) is 0 Å². The summed E-state index contributed by atoms with van der Waals surface area (Å²) in [6.07, 6.45) is 1.44. The molecule has 0 bridgehead atoms. The normalized spacial score (nSPS) is 18.6. The molecule has 1 aromatic rings. The van der Waals surface area contributed by atoms with Crippen LogP contribution in [-0.4, -0.2) is 40.7 Å². The molecule has 5 heteroatoms. The smallest absolute Gasteiger partial charge is 0.308 e. The summed E-state index contributed by atoms with van der Waals surface area (Å²) in [5, 5.41) is 9.06. The quantitative estimate of drug-likeness (QED) is 0.869. The Bertz CT molecular complexity index is 544. The highest BCUT2D eigenvalue weighted by molar-refractivity contribution is 8.00. The molecule has 1 atom stereocenters. The van der Waals surface area contributed by atoms with Crippen LogP contribution in [-0.2, 0) is 9.59 Å². The zero-order chi connectivity index (χ0) is 15.4. The van der Waals surface area contributed by atoms with E-state index in [2.05, 4.69) is 6.07 Å². The van der Waals surface area contributed by atoms with Crippen molar-refractivity contribution in [2.24, 2.45) is 5.92 Å². The summed E-state index contributed by atoms with van der Waals surface area (Å²) >= 11 is 1.53. The lowest BCUT2D eigenvalue weighted by Gasteiger charge is -2.30. The van der Waals surface area contributed by atoms with Crippen LogP contribution in [0.5, 0.6) is 0 Å². The summed E-state index contributed by atoms with van der Waals surface area (Å²) in [6.45, 7) is 5.12. The monoisotopic (exact) mass is 307 g/mol. The molecule has 1 amide bonds. The van der Waals surface area contributed by atoms with E-state index in [1.165, 1.54) is 22.9 Å². The third kappa shape index (κ3) is 4.24. The van der Waals surface area contributed by atoms with Gasteiger partial charge in [0, 0.05) is 18.0 Å². The molecule has 0 radical (unpaired) electrons. The lowest BCUT2D eigenvalue weighted by atomic mass is 9.98. The van der Waals surface area contributed by atoms with Crippen LogP contribution in [0.4, 0.5) is 0 Å². The minimum atomic E-state index is -0.797. The van der Waals surface area contributed by atoms with Crippen molar-refractivity contribution >= 4 is 23.6 Å². The largest absolute Gasteiger partial charge is 0.481 e. The van der Waals surface area contributed by atoms with Crippen molar-refractivity contribution < 1.29 is 14.7 Å². The summed E-state index contributed by atoms with van der Waals surface area (Å²) in [6, 6.07) is 6.19. The number of thioether (sulfide) groups is 1. The lowest BCUT2D eigenvalue weighted by molar-refractivity contribution is -0.145. The van der Waals surface area contributed by atoms with E-state index >= 15 is 0 Å². The van der Waals surface area contributed by atoms with Crippen LogP contribution in [0, 0.1) is 19.8 Å². The number of carbonyl (C=O) groups excluding carboxylic acids is 1. The van der Waals surface area contributed by atoms with Crippen molar-refractivity contribution in [2.45, 2.75) is 31.6 Å². The summed E-state index contributed by atoms with van der Waals surface area (Å²) in [5.41, 5.74) is 2.39. The van der Waals surface area contributed by atoms with E-state index in [4.69, 9.17) is 5.11 Å². The van der Waals surface area contributed by atoms with Gasteiger partial charge in [-0.3, -0.25) is 9.59 Å². The number of amides is 1. The van der Waals surface area contributed by atoms with Gasteiger partial charge in [-0.25, -0.2) is 0 Å². The molecular formula is C16H21NO3S. The predicted molar refractivity (Wildman–Crippen MR) is 83.6 cm³/mol. The number of benzene rings is 1. The molecule has 114 valence electrons. The fourth-order valence-corrected chi connectivity index (χ4v) is 3.51. The van der Waals surface area contributed by atoms with Crippen LogP contribution in [0.3, 0.4) is 0 Å². The average molecular weight is 307 g/mol. The third-order valence-corrected chi connectivity index (χ3v) is 4.97. The zero-order valence-electron chi connectivity index (χ0n) is 12.5. The predicted octanol–water partition coefficient (Wildman–Crippen LogP) is 2.72. The van der Waals surface area contributed by atoms with Crippen LogP contribution in [0.15, 0.2) is 23.1 Å². The molecule has 1 N–H and O–H groups in total. The number of hydrogen-bond acceptors (Lipinski definition) is 3. The second kappa shape index (κ2) is 6.98. The minimum Gasteiger partial charge on any atom is -0.481 e. The van der Waals surface area contributed by atoms with Gasteiger partial charge in [-0.2, -0.15) is 0 Å². The van der Waals surface area contributed by atoms with Crippen LogP contribution < -0.4 is 0 Å². The van der Waals surface area contributed by atoms with E-state index in [0.717, 1.165) is 11.3 Å². The molecule has 2 rings (SSSR count). The number of carboxylic acid groups (broad SMARTS) is 1. The van der Waals surface area contributed by atoms with Gasteiger partial charge in [0.25, 0.3) is 0 Å². The molecule has 1 aliphatic rings. The summed E-state index contributed by atoms with van der Waals surface area (Å²) in [4.78, 5) is 26.1. The van der Waals surface area contributed by atoms with E-state index in [-0.39, 0.29) is 5.91 Å². The Morgan fingerprint density at radius 1 is 1.38 bits per heavy atom. The molecule has 4 nitrogen and oxygen atoms in total. The Balaban J connectivity index is 1.90. The van der Waals surface area contributed by atoms with Crippen LogP contribution in [0.2, 0.25) is 0 Å². The van der Waals surface area contributed by atoms with Gasteiger partial charge in [0.15, 0.2) is 0 Å². The Labute approximate surface area is 129 Å². The molecule has 1 aromatic carbocycles. The minimum absolute atomic E-state index is 0.0333. The van der Waals surface area contributed by atoms with E-state index in [0.29, 0.717) is 25.3 Å². The fraction of sp³-hybridized carbons (Fsp3) is 0.500. The number of rotatable bonds is 4. The molecule has 0 spiro atoms. The number of aryl methyl sites for hydroxylation is 2. The number of hydrogen-bond donors (Lipinski definition) is 1. The second-order valence-electron chi connectivity index (χ2n) is 5.57. The Morgan fingerprint density at radius 3 is 2.81 bits per heavy atom. The highest BCUT2D eigenvalue weighted by atomic mass is 32.2. The standard InChI is InChI=1S/C16H21NO3S/c1-11-5-6-14(12(2)8-11)21-10-15(18)17-7-3-4-13(9-17)16(19)20/h5-6,8,13H,3-4,7,9-10H2,1-2H3,(H,19,20)/t13-/m0/s1. The van der Waals surface area contributed by atoms with Gasteiger partial charge in [0.2, 0.25) is 5.91 Å². The van der Waals surface area contributed by atoms with Crippen molar-refractivity contribution in [3.05, 3.63) is 29.3 Å². The maximum atomic E-state index is 12.2. The molecule has 1 heterocycles. The van der Waals surface area contributed by atoms with Gasteiger partial charge in [-0.15, -0.1) is 11.8 Å². The van der Waals surface area contributed by atoms with E-state index < -0.39 is 11.9 Å². The zero-order valence-corrected chi connectivity index (χ0v) is 13.3. The number of carbonyl (C=O) groups is 2. The number of piperidine rings is 1. The molecule has 0 aliphatic carbocycles. The Hall–Kier alpha value is -1.49. The molecule has 1 saturated heterocycles. The Morgan fingerprint density at radius 2 is 2.14 bits per heavy atom. The highest BCUT2D eigenvalue weighted by Crippen LogP contribution is 2.24. The first-order valence-corrected chi connectivity index (χ1v) is 8.16. The maximum Gasteiger partial charge on any atom is 0.308 e. The lowest BCUT2D eigenvalue weighted by Crippen LogP contribution is -2.43. The SMILES string of the molecule is Cc1ccc(SCC(=O)N2CCC[C@H](C(=O)O)C2)c(C)c1. The summed E-state index contributed by atoms with van der Waals surface area (Å²) in [5.74, 6) is -0.801. The molecule has 0 saturated carbocycles. The first-order valence-electron chi connectivity index (χ1n) is 7.18. The molecule has 1 aliphatic heterocycles. The number of carboxylic acids is 1. The van der Waals surface area contributed by atoms with Gasteiger partial charge in [0.1, 0.15) is 0 Å². The third-order valence-electron chi connectivity index (χ3n) is 3.80. The molecule has 21 heavy (non-hydrogen) atoms. The highest BCUT2D eigenvalue weighted by Gasteiger charge is 2.27. The average Bonchev–Trinajstić information content (AvgIpc) is 2.46. The molecular weight excluding hydrogens is 286 g/mol. The molecule has 0 unspecified atom stereocenters. The van der Waals surface area contributed by atoms with Crippen LogP contribution in [0.1, 0.15) is 24.0 Å². The van der Waals surface area contributed by atoms with E-state index in [9.17, 15) is 9.59 Å². The van der Waals surface area contributed by atoms with Gasteiger partial charge in [0.05, 0.1) is 11.7 Å². The summed E-state index contributed by atoms with van der Waals surface area (Å²) in [7, 11) is 0. The van der Waals surface area contributed by atoms with Crippen LogP contribution >= 0.6 is 11.8 Å². The number of likely N-dealkylation sites (tertiary alicyclic amines) is 1. The fourth-order valence-electron chi connectivity index (χ4n) is 2.60. The van der Waals surface area contributed by atoms with Crippen molar-refractivity contribution in [3.8, 4) is 0 Å². The van der Waals surface area contributed by atoms with Crippen molar-refractivity contribution in [3.63, 3.8) is 0 Å². The van der Waals surface area contributed by atoms with Gasteiger partial charge < -0.3 is 10.0 Å². The van der Waals surface area contributed by atoms with Gasteiger partial charge in [-0.1, -0.05) is 17.7 Å². The first kappa shape index (κ1) is 15.9. The Kier molecular flexibility index (Phi) is 5.28. The van der Waals surface area contributed by atoms with Crippen molar-refractivity contribution in [1.82, 2.24) is 4.90 Å². The topological polar surface area (TPSA) is 57.6 Å². The number of nitrogens with zero attached hydrogens (tertiary/aromatic N) is 1. The van der Waals surface area contributed by atoms with Crippen LogP contribution in [0.25, 0.3) is 0 Å². The molecule has 0 aromatic heterocycles. The molecule has 1 fully saturated rings.